The molecule has 2 heterocycles. The lowest BCUT2D eigenvalue weighted by atomic mass is 10.2. The summed E-state index contributed by atoms with van der Waals surface area (Å²) in [7, 11) is 2.06. The molecule has 1 aromatic rings. The second-order valence-electron chi connectivity index (χ2n) is 5.32. The molecule has 0 aliphatic carbocycles. The molecular formula is C15H24N4O2. The third-order valence-electron chi connectivity index (χ3n) is 3.41. The SMILES string of the molecule is CCCNc1cc(C(=O)NCC2CN(C)CCO2)ccn1. The minimum atomic E-state index is -0.0891. The number of morpholine rings is 1. The highest BCUT2D eigenvalue weighted by Crippen LogP contribution is 2.07. The molecular weight excluding hydrogens is 268 g/mol. The topological polar surface area (TPSA) is 66.5 Å². The van der Waals surface area contributed by atoms with Crippen molar-refractivity contribution in [2.24, 2.45) is 0 Å². The summed E-state index contributed by atoms with van der Waals surface area (Å²) in [4.78, 5) is 18.6. The van der Waals surface area contributed by atoms with E-state index in [4.69, 9.17) is 4.74 Å². The molecule has 0 bridgehead atoms. The molecule has 1 unspecified atom stereocenters. The van der Waals surface area contributed by atoms with Gasteiger partial charge in [-0.3, -0.25) is 4.79 Å². The Balaban J connectivity index is 1.85. The predicted octanol–water partition coefficient (Wildman–Crippen LogP) is 0.964. The number of hydrogen-bond donors (Lipinski definition) is 2. The van der Waals surface area contributed by atoms with Gasteiger partial charge in [-0.25, -0.2) is 4.98 Å². The van der Waals surface area contributed by atoms with Gasteiger partial charge in [0.15, 0.2) is 0 Å². The first kappa shape index (κ1) is 15.7. The number of anilines is 1. The highest BCUT2D eigenvalue weighted by molar-refractivity contribution is 5.94. The molecule has 2 rings (SSSR count). The molecule has 1 atom stereocenters. The van der Waals surface area contributed by atoms with Crippen molar-refractivity contribution >= 4 is 11.7 Å². The Bertz CT molecular complexity index is 467. The lowest BCUT2D eigenvalue weighted by Crippen LogP contribution is -2.45. The molecule has 0 spiro atoms. The van der Waals surface area contributed by atoms with Crippen LogP contribution in [0.15, 0.2) is 18.3 Å². The molecule has 2 N–H and O–H groups in total. The molecule has 0 aromatic carbocycles. The number of pyridine rings is 1. The maximum atomic E-state index is 12.2. The van der Waals surface area contributed by atoms with Gasteiger partial charge in [0.25, 0.3) is 5.91 Å². The summed E-state index contributed by atoms with van der Waals surface area (Å²) in [5, 5.41) is 6.10. The van der Waals surface area contributed by atoms with E-state index < -0.39 is 0 Å². The Hall–Kier alpha value is -1.66. The lowest BCUT2D eigenvalue weighted by molar-refractivity contribution is -0.0175. The summed E-state index contributed by atoms with van der Waals surface area (Å²) in [6, 6.07) is 3.50. The van der Waals surface area contributed by atoms with Gasteiger partial charge >= 0.3 is 0 Å². The summed E-state index contributed by atoms with van der Waals surface area (Å²) in [6.45, 7) is 5.98. The van der Waals surface area contributed by atoms with Crippen molar-refractivity contribution in [3.63, 3.8) is 0 Å². The summed E-state index contributed by atoms with van der Waals surface area (Å²) >= 11 is 0. The molecule has 1 saturated heterocycles. The first-order valence-electron chi connectivity index (χ1n) is 7.47. The quantitative estimate of drug-likeness (QED) is 0.817. The fourth-order valence-electron chi connectivity index (χ4n) is 2.22. The van der Waals surface area contributed by atoms with Gasteiger partial charge in [0, 0.05) is 37.9 Å². The van der Waals surface area contributed by atoms with Crippen molar-refractivity contribution in [2.75, 3.05) is 45.2 Å². The molecule has 0 radical (unpaired) electrons. The molecule has 1 aliphatic heterocycles. The number of nitrogens with zero attached hydrogens (tertiary/aromatic N) is 2. The molecule has 6 nitrogen and oxygen atoms in total. The number of amides is 1. The van der Waals surface area contributed by atoms with Gasteiger partial charge in [0.2, 0.25) is 0 Å². The third-order valence-corrected chi connectivity index (χ3v) is 3.41. The van der Waals surface area contributed by atoms with Gasteiger partial charge in [0.1, 0.15) is 5.82 Å². The van der Waals surface area contributed by atoms with Crippen LogP contribution >= 0.6 is 0 Å². The van der Waals surface area contributed by atoms with Crippen LogP contribution in [0.25, 0.3) is 0 Å². The molecule has 1 amide bonds. The van der Waals surface area contributed by atoms with E-state index in [0.717, 1.165) is 38.5 Å². The summed E-state index contributed by atoms with van der Waals surface area (Å²) < 4.78 is 5.63. The standard InChI is InChI=1S/C15H24N4O2/c1-3-5-16-14-9-12(4-6-17-14)15(20)18-10-13-11-19(2)7-8-21-13/h4,6,9,13H,3,5,7-8,10-11H2,1-2H3,(H,16,17)(H,18,20). The van der Waals surface area contributed by atoms with Crippen molar-refractivity contribution in [3.8, 4) is 0 Å². The normalized spacial score (nSPS) is 19.2. The number of likely N-dealkylation sites (N-methyl/N-ethyl adjacent to an activating group) is 1. The number of hydrogen-bond acceptors (Lipinski definition) is 5. The average molecular weight is 292 g/mol. The van der Waals surface area contributed by atoms with Crippen LogP contribution in [0, 0.1) is 0 Å². The van der Waals surface area contributed by atoms with Crippen LogP contribution in [0.3, 0.4) is 0 Å². The maximum Gasteiger partial charge on any atom is 0.251 e. The molecule has 6 heteroatoms. The molecule has 1 fully saturated rings. The second-order valence-corrected chi connectivity index (χ2v) is 5.32. The van der Waals surface area contributed by atoms with Crippen LogP contribution in [-0.2, 0) is 4.74 Å². The van der Waals surface area contributed by atoms with Crippen molar-refractivity contribution in [2.45, 2.75) is 19.4 Å². The third kappa shape index (κ3) is 4.99. The Morgan fingerprint density at radius 3 is 3.19 bits per heavy atom. The Morgan fingerprint density at radius 2 is 2.43 bits per heavy atom. The first-order chi connectivity index (χ1) is 10.2. The van der Waals surface area contributed by atoms with Crippen LogP contribution < -0.4 is 10.6 Å². The van der Waals surface area contributed by atoms with Crippen molar-refractivity contribution in [1.82, 2.24) is 15.2 Å². The zero-order valence-electron chi connectivity index (χ0n) is 12.8. The number of carbonyl (C=O) groups excluding carboxylic acids is 1. The minimum Gasteiger partial charge on any atom is -0.374 e. The average Bonchev–Trinajstić information content (AvgIpc) is 2.51. The number of ether oxygens (including phenoxy) is 1. The molecule has 1 aliphatic rings. The van der Waals surface area contributed by atoms with Crippen molar-refractivity contribution in [1.29, 1.82) is 0 Å². The van der Waals surface area contributed by atoms with Gasteiger partial charge in [-0.15, -0.1) is 0 Å². The van der Waals surface area contributed by atoms with Crippen LogP contribution in [0.2, 0.25) is 0 Å². The summed E-state index contributed by atoms with van der Waals surface area (Å²) in [6.07, 6.45) is 2.73. The highest BCUT2D eigenvalue weighted by atomic mass is 16.5. The molecule has 0 saturated carbocycles. The van der Waals surface area contributed by atoms with Crippen LogP contribution in [0.4, 0.5) is 5.82 Å². The van der Waals surface area contributed by atoms with E-state index >= 15 is 0 Å². The molecule has 1 aromatic heterocycles. The predicted molar refractivity (Wildman–Crippen MR) is 82.6 cm³/mol. The van der Waals surface area contributed by atoms with E-state index in [1.807, 2.05) is 0 Å². The van der Waals surface area contributed by atoms with E-state index in [-0.39, 0.29) is 12.0 Å². The monoisotopic (exact) mass is 292 g/mol. The zero-order valence-corrected chi connectivity index (χ0v) is 12.8. The number of nitrogens with one attached hydrogen (secondary N) is 2. The maximum absolute atomic E-state index is 12.2. The first-order valence-corrected chi connectivity index (χ1v) is 7.47. The van der Waals surface area contributed by atoms with Crippen molar-refractivity contribution < 1.29 is 9.53 Å². The van der Waals surface area contributed by atoms with Crippen LogP contribution in [-0.4, -0.2) is 61.7 Å². The zero-order chi connectivity index (χ0) is 15.1. The minimum absolute atomic E-state index is 0.0622. The smallest absolute Gasteiger partial charge is 0.251 e. The van der Waals surface area contributed by atoms with Gasteiger partial charge < -0.3 is 20.3 Å². The summed E-state index contributed by atoms with van der Waals surface area (Å²) in [5.74, 6) is 0.645. The van der Waals surface area contributed by atoms with Crippen molar-refractivity contribution in [3.05, 3.63) is 23.9 Å². The van der Waals surface area contributed by atoms with E-state index in [1.165, 1.54) is 0 Å². The fraction of sp³-hybridized carbons (Fsp3) is 0.600. The second kappa shape index (κ2) is 7.95. The van der Waals surface area contributed by atoms with E-state index in [0.29, 0.717) is 12.1 Å². The number of aromatic nitrogens is 1. The number of carbonyl (C=O) groups is 1. The molecule has 21 heavy (non-hydrogen) atoms. The lowest BCUT2D eigenvalue weighted by Gasteiger charge is -2.30. The summed E-state index contributed by atoms with van der Waals surface area (Å²) in [5.41, 5.74) is 0.618. The molecule has 116 valence electrons. The Morgan fingerprint density at radius 1 is 1.57 bits per heavy atom. The Labute approximate surface area is 125 Å². The highest BCUT2D eigenvalue weighted by Gasteiger charge is 2.18. The van der Waals surface area contributed by atoms with E-state index in [2.05, 4.69) is 34.5 Å². The number of rotatable bonds is 6. The van der Waals surface area contributed by atoms with Gasteiger partial charge in [-0.1, -0.05) is 6.92 Å². The Kier molecular flexibility index (Phi) is 5.95. The van der Waals surface area contributed by atoms with Gasteiger partial charge in [0.05, 0.1) is 12.7 Å². The van der Waals surface area contributed by atoms with Gasteiger partial charge in [-0.05, 0) is 25.6 Å². The largest absolute Gasteiger partial charge is 0.374 e. The van der Waals surface area contributed by atoms with Gasteiger partial charge in [-0.2, -0.15) is 0 Å². The van der Waals surface area contributed by atoms with Crippen LogP contribution in [0.1, 0.15) is 23.7 Å². The fourth-order valence-corrected chi connectivity index (χ4v) is 2.22. The van der Waals surface area contributed by atoms with E-state index in [9.17, 15) is 4.79 Å². The van der Waals surface area contributed by atoms with E-state index in [1.54, 1.807) is 18.3 Å². The van der Waals surface area contributed by atoms with Crippen LogP contribution in [0.5, 0.6) is 0 Å².